The maximum atomic E-state index is 12.9. The zero-order chi connectivity index (χ0) is 22.5. The topological polar surface area (TPSA) is 80.5 Å². The summed E-state index contributed by atoms with van der Waals surface area (Å²) >= 11 is 0. The largest absolute Gasteiger partial charge is 0.397 e. The third-order valence-electron chi connectivity index (χ3n) is 5.86. The number of rotatable bonds is 0. The molecule has 0 radical (unpaired) electrons. The molecule has 3 N–H and O–H groups in total. The molecule has 0 saturated carbocycles. The molecule has 7 rings (SSSR count). The Morgan fingerprint density at radius 2 is 1.84 bits per heavy atom. The Morgan fingerprint density at radius 3 is 2.66 bits per heavy atom. The summed E-state index contributed by atoms with van der Waals surface area (Å²) in [6, 6.07) is 17.7. The summed E-state index contributed by atoms with van der Waals surface area (Å²) < 4.78 is 5.79. The summed E-state index contributed by atoms with van der Waals surface area (Å²) in [5.74, 6) is -0.0270. The zero-order valence-electron chi connectivity index (χ0n) is 18.7. The fourth-order valence-corrected chi connectivity index (χ4v) is 3.90. The lowest BCUT2D eigenvalue weighted by atomic mass is 10.0. The normalized spacial score (nSPS) is 15.3. The van der Waals surface area contributed by atoms with E-state index < -0.39 is 0 Å². The fourth-order valence-electron chi connectivity index (χ4n) is 3.90. The number of amides is 1. The highest BCUT2D eigenvalue weighted by Gasteiger charge is 2.14. The second kappa shape index (κ2) is 9.83. The molecule has 2 aromatic carbocycles. The molecule has 6 heteroatoms. The maximum Gasteiger partial charge on any atom is 0.253 e. The van der Waals surface area contributed by atoms with Crippen LogP contribution < -0.4 is 11.1 Å². The molecule has 32 heavy (non-hydrogen) atoms. The summed E-state index contributed by atoms with van der Waals surface area (Å²) in [4.78, 5) is 19.4. The summed E-state index contributed by atoms with van der Waals surface area (Å²) in [5, 5.41) is 3.42. The van der Waals surface area contributed by atoms with Crippen LogP contribution in [0.15, 0.2) is 54.6 Å². The molecule has 1 aromatic heterocycles. The average Bonchev–Trinajstić information content (AvgIpc) is 2.80. The molecule has 166 valence electrons. The molecule has 5 heterocycles. The number of nitrogen functional groups attached to an aromatic ring is 1. The highest BCUT2D eigenvalue weighted by atomic mass is 16.5. The molecule has 4 aliphatic heterocycles. The number of benzene rings is 2. The number of carbonyl (C=O) groups excluding carboxylic acids is 1. The first-order valence-electron chi connectivity index (χ1n) is 11.0. The van der Waals surface area contributed by atoms with Crippen LogP contribution in [0.2, 0.25) is 0 Å². The average molecular weight is 431 g/mol. The van der Waals surface area contributed by atoms with Crippen LogP contribution in [0.5, 0.6) is 0 Å². The van der Waals surface area contributed by atoms with Crippen molar-refractivity contribution in [1.82, 2.24) is 9.88 Å². The van der Waals surface area contributed by atoms with Crippen LogP contribution >= 0.6 is 0 Å². The minimum absolute atomic E-state index is 0.0270. The van der Waals surface area contributed by atoms with E-state index in [0.29, 0.717) is 31.7 Å². The molecule has 6 bridgehead atoms. The van der Waals surface area contributed by atoms with Crippen molar-refractivity contribution < 1.29 is 9.53 Å². The van der Waals surface area contributed by atoms with Gasteiger partial charge in [-0.1, -0.05) is 24.3 Å². The minimum Gasteiger partial charge on any atom is -0.397 e. The number of hydrogen-bond acceptors (Lipinski definition) is 5. The van der Waals surface area contributed by atoms with Crippen molar-refractivity contribution in [2.75, 3.05) is 31.2 Å². The van der Waals surface area contributed by atoms with E-state index in [1.165, 1.54) is 0 Å². The van der Waals surface area contributed by atoms with E-state index in [4.69, 9.17) is 15.5 Å². The summed E-state index contributed by atoms with van der Waals surface area (Å²) in [6.07, 6.45) is 1.56. The van der Waals surface area contributed by atoms with Gasteiger partial charge in [0.15, 0.2) is 0 Å². The van der Waals surface area contributed by atoms with E-state index in [0.717, 1.165) is 52.4 Å². The van der Waals surface area contributed by atoms with E-state index in [1.807, 2.05) is 48.5 Å². The van der Waals surface area contributed by atoms with E-state index in [-0.39, 0.29) is 5.91 Å². The molecule has 0 aliphatic carbocycles. The summed E-state index contributed by atoms with van der Waals surface area (Å²) in [6.45, 7) is 4.45. The number of anilines is 2. The lowest BCUT2D eigenvalue weighted by Crippen LogP contribution is -2.26. The standard InChI is InChI=1S/C26H30N4O2/c1-18-21-11-12-24(25(18)27)28-13-4-14-32-17-19-7-9-20(10-8-19)26(31)30(2)16-23-6-3-5-22(15-21)29-23/h3,5-12,28H,4,13-17,27H2,1-2H3. The van der Waals surface area contributed by atoms with Crippen molar-refractivity contribution in [2.45, 2.75) is 32.9 Å². The van der Waals surface area contributed by atoms with Gasteiger partial charge in [-0.05, 0) is 60.4 Å². The van der Waals surface area contributed by atoms with E-state index in [9.17, 15) is 4.79 Å². The molecular formula is C26H30N4O2. The lowest BCUT2D eigenvalue weighted by Gasteiger charge is -2.18. The third-order valence-corrected chi connectivity index (χ3v) is 5.86. The highest BCUT2D eigenvalue weighted by Crippen LogP contribution is 2.27. The first-order chi connectivity index (χ1) is 15.5. The smallest absolute Gasteiger partial charge is 0.253 e. The summed E-state index contributed by atoms with van der Waals surface area (Å²) in [5.41, 5.74) is 13.9. The zero-order valence-corrected chi connectivity index (χ0v) is 18.7. The first-order valence-corrected chi connectivity index (χ1v) is 11.0. The van der Waals surface area contributed by atoms with Crippen molar-refractivity contribution in [3.05, 3.63) is 88.2 Å². The van der Waals surface area contributed by atoms with Crippen LogP contribution in [0.4, 0.5) is 11.4 Å². The number of pyridine rings is 1. The van der Waals surface area contributed by atoms with Gasteiger partial charge >= 0.3 is 0 Å². The van der Waals surface area contributed by atoms with Crippen LogP contribution in [0.1, 0.15) is 44.9 Å². The molecular weight excluding hydrogens is 400 g/mol. The molecule has 0 spiro atoms. The third kappa shape index (κ3) is 5.08. The van der Waals surface area contributed by atoms with Crippen molar-refractivity contribution >= 4 is 17.3 Å². The number of nitrogens with one attached hydrogen (secondary N) is 1. The van der Waals surface area contributed by atoms with Gasteiger partial charge in [0.2, 0.25) is 0 Å². The van der Waals surface area contributed by atoms with Crippen LogP contribution in [0.3, 0.4) is 0 Å². The molecule has 4 aliphatic rings. The number of nitrogens with zero attached hydrogens (tertiary/aromatic N) is 2. The van der Waals surface area contributed by atoms with Gasteiger partial charge in [0, 0.05) is 37.9 Å². The number of hydrogen-bond donors (Lipinski definition) is 2. The predicted molar refractivity (Wildman–Crippen MR) is 128 cm³/mol. The Balaban J connectivity index is 1.61. The molecule has 0 unspecified atom stereocenters. The quantitative estimate of drug-likeness (QED) is 0.523. The van der Waals surface area contributed by atoms with Crippen LogP contribution in [-0.2, 0) is 24.3 Å². The Kier molecular flexibility index (Phi) is 6.71. The predicted octanol–water partition coefficient (Wildman–Crippen LogP) is 4.17. The SMILES string of the molecule is Cc1c2ccc(c1N)NCCCOCc1ccc(cc1)C(=O)N(C)Cc1cccc(n1)C2. The molecule has 1 amide bonds. The van der Waals surface area contributed by atoms with Crippen LogP contribution in [0, 0.1) is 6.92 Å². The van der Waals surface area contributed by atoms with Crippen LogP contribution in [-0.4, -0.2) is 36.0 Å². The minimum atomic E-state index is -0.0270. The molecule has 3 aromatic rings. The molecule has 0 atom stereocenters. The maximum absolute atomic E-state index is 12.9. The number of ether oxygens (including phenoxy) is 1. The Labute approximate surface area is 189 Å². The van der Waals surface area contributed by atoms with Crippen molar-refractivity contribution in [1.29, 1.82) is 0 Å². The number of aromatic nitrogens is 1. The Bertz CT molecular complexity index is 1100. The number of carbonyl (C=O) groups is 1. The van der Waals surface area contributed by atoms with E-state index in [1.54, 1.807) is 11.9 Å². The second-order valence-corrected chi connectivity index (χ2v) is 8.30. The van der Waals surface area contributed by atoms with E-state index in [2.05, 4.69) is 18.3 Å². The van der Waals surface area contributed by atoms with Crippen molar-refractivity contribution in [3.8, 4) is 0 Å². The molecule has 0 fully saturated rings. The first kappa shape index (κ1) is 21.8. The molecule has 0 saturated heterocycles. The highest BCUT2D eigenvalue weighted by molar-refractivity contribution is 5.94. The lowest BCUT2D eigenvalue weighted by molar-refractivity contribution is 0.0783. The Hall–Kier alpha value is -3.38. The van der Waals surface area contributed by atoms with E-state index >= 15 is 0 Å². The second-order valence-electron chi connectivity index (χ2n) is 8.30. The van der Waals surface area contributed by atoms with Gasteiger partial charge in [-0.3, -0.25) is 9.78 Å². The molecule has 6 nitrogen and oxygen atoms in total. The van der Waals surface area contributed by atoms with Crippen molar-refractivity contribution in [3.63, 3.8) is 0 Å². The van der Waals surface area contributed by atoms with Gasteiger partial charge in [0.25, 0.3) is 5.91 Å². The van der Waals surface area contributed by atoms with Crippen LogP contribution in [0.25, 0.3) is 0 Å². The fraction of sp³-hybridized carbons (Fsp3) is 0.308. The van der Waals surface area contributed by atoms with Gasteiger partial charge < -0.3 is 20.7 Å². The monoisotopic (exact) mass is 430 g/mol. The van der Waals surface area contributed by atoms with Gasteiger partial charge in [-0.2, -0.15) is 0 Å². The van der Waals surface area contributed by atoms with Gasteiger partial charge in [0.1, 0.15) is 0 Å². The van der Waals surface area contributed by atoms with Gasteiger partial charge in [-0.15, -0.1) is 0 Å². The Morgan fingerprint density at radius 1 is 1.06 bits per heavy atom. The summed E-state index contributed by atoms with van der Waals surface area (Å²) in [7, 11) is 1.81. The van der Waals surface area contributed by atoms with Gasteiger partial charge in [0.05, 0.1) is 30.2 Å². The van der Waals surface area contributed by atoms with Gasteiger partial charge in [-0.25, -0.2) is 0 Å². The van der Waals surface area contributed by atoms with Crippen molar-refractivity contribution in [2.24, 2.45) is 0 Å². The number of nitrogens with two attached hydrogens (primary N) is 1.